The third-order valence-electron chi connectivity index (χ3n) is 3.06. The second-order valence-electron chi connectivity index (χ2n) is 4.76. The lowest BCUT2D eigenvalue weighted by Gasteiger charge is -2.16. The number of carbonyl (C=O) groups excluding carboxylic acids is 1. The van der Waals surface area contributed by atoms with E-state index in [2.05, 4.69) is 10.6 Å². The van der Waals surface area contributed by atoms with Crippen LogP contribution < -0.4 is 10.6 Å². The van der Waals surface area contributed by atoms with Crippen molar-refractivity contribution in [1.29, 1.82) is 0 Å². The van der Waals surface area contributed by atoms with Crippen LogP contribution in [0.5, 0.6) is 0 Å². The van der Waals surface area contributed by atoms with Gasteiger partial charge in [-0.1, -0.05) is 43.7 Å². The molecule has 6 heteroatoms. The van der Waals surface area contributed by atoms with Gasteiger partial charge < -0.3 is 10.4 Å². The second kappa shape index (κ2) is 10.2. The van der Waals surface area contributed by atoms with E-state index < -0.39 is 12.0 Å². The van der Waals surface area contributed by atoms with E-state index in [9.17, 15) is 9.59 Å². The van der Waals surface area contributed by atoms with E-state index in [4.69, 9.17) is 5.11 Å². The Hall–Kier alpha value is -1.59. The smallest absolute Gasteiger partial charge is 0.320 e. The summed E-state index contributed by atoms with van der Waals surface area (Å²) in [5.74, 6) is -1.13. The Kier molecular flexibility index (Phi) is 9.41. The highest BCUT2D eigenvalue weighted by Crippen LogP contribution is 2.10. The second-order valence-corrected chi connectivity index (χ2v) is 4.76. The molecule has 2 unspecified atom stereocenters. The number of rotatable bonds is 8. The van der Waals surface area contributed by atoms with Crippen LogP contribution in [-0.2, 0) is 9.59 Å². The average molecular weight is 315 g/mol. The highest BCUT2D eigenvalue weighted by atomic mass is 35.5. The van der Waals surface area contributed by atoms with Crippen molar-refractivity contribution in [3.05, 3.63) is 35.9 Å². The fraction of sp³-hybridized carbons (Fsp3) is 0.467. The first kappa shape index (κ1) is 19.4. The number of nitrogens with one attached hydrogen (secondary N) is 2. The molecular weight excluding hydrogens is 292 g/mol. The van der Waals surface area contributed by atoms with Crippen molar-refractivity contribution in [2.75, 3.05) is 6.54 Å². The molecule has 1 aromatic carbocycles. The molecule has 0 saturated carbocycles. The predicted molar refractivity (Wildman–Crippen MR) is 84.6 cm³/mol. The van der Waals surface area contributed by atoms with Crippen LogP contribution in [0.3, 0.4) is 0 Å². The molecule has 0 aliphatic carbocycles. The number of aliphatic carboxylic acids is 1. The van der Waals surface area contributed by atoms with Gasteiger partial charge in [0.1, 0.15) is 6.04 Å². The topological polar surface area (TPSA) is 78.4 Å². The Morgan fingerprint density at radius 2 is 1.86 bits per heavy atom. The number of benzene rings is 1. The SMILES string of the molecule is CCCC(NCC(=O)NC(C)c1ccccc1)C(=O)O.Cl. The number of carboxylic acid groups (broad SMARTS) is 1. The van der Waals surface area contributed by atoms with Crippen LogP contribution in [-0.4, -0.2) is 29.6 Å². The van der Waals surface area contributed by atoms with E-state index in [1.54, 1.807) is 0 Å². The summed E-state index contributed by atoms with van der Waals surface area (Å²) in [5, 5.41) is 14.6. The van der Waals surface area contributed by atoms with Crippen molar-refractivity contribution in [3.63, 3.8) is 0 Å². The fourth-order valence-corrected chi connectivity index (χ4v) is 1.93. The zero-order chi connectivity index (χ0) is 15.0. The van der Waals surface area contributed by atoms with E-state index in [0.29, 0.717) is 6.42 Å². The van der Waals surface area contributed by atoms with Crippen LogP contribution in [0.2, 0.25) is 0 Å². The summed E-state index contributed by atoms with van der Waals surface area (Å²) in [7, 11) is 0. The molecular formula is C15H23ClN2O3. The van der Waals surface area contributed by atoms with Crippen molar-refractivity contribution in [2.24, 2.45) is 0 Å². The maximum absolute atomic E-state index is 11.8. The summed E-state index contributed by atoms with van der Waals surface area (Å²) < 4.78 is 0. The first-order chi connectivity index (χ1) is 9.54. The largest absolute Gasteiger partial charge is 0.480 e. The summed E-state index contributed by atoms with van der Waals surface area (Å²) in [6.45, 7) is 3.82. The van der Waals surface area contributed by atoms with Gasteiger partial charge in [-0.15, -0.1) is 12.4 Å². The Morgan fingerprint density at radius 3 is 2.38 bits per heavy atom. The molecule has 3 N–H and O–H groups in total. The Labute approximate surface area is 131 Å². The fourth-order valence-electron chi connectivity index (χ4n) is 1.93. The molecule has 0 radical (unpaired) electrons. The number of hydrogen-bond donors (Lipinski definition) is 3. The molecule has 0 aromatic heterocycles. The van der Waals surface area contributed by atoms with Gasteiger partial charge in [-0.3, -0.25) is 14.9 Å². The standard InChI is InChI=1S/C15H22N2O3.ClH/c1-3-7-13(15(19)20)16-10-14(18)17-11(2)12-8-5-4-6-9-12;/h4-6,8-9,11,13,16H,3,7,10H2,1-2H3,(H,17,18)(H,19,20);1H. The predicted octanol–water partition coefficient (Wildman–Crippen LogP) is 2.13. The van der Waals surface area contributed by atoms with Crippen LogP contribution in [0.1, 0.15) is 38.3 Å². The molecule has 21 heavy (non-hydrogen) atoms. The Morgan fingerprint density at radius 1 is 1.24 bits per heavy atom. The molecule has 118 valence electrons. The lowest BCUT2D eigenvalue weighted by Crippen LogP contribution is -2.43. The van der Waals surface area contributed by atoms with Crippen molar-refractivity contribution < 1.29 is 14.7 Å². The van der Waals surface area contributed by atoms with Crippen molar-refractivity contribution >= 4 is 24.3 Å². The third-order valence-corrected chi connectivity index (χ3v) is 3.06. The minimum atomic E-state index is -0.921. The van der Waals surface area contributed by atoms with E-state index in [0.717, 1.165) is 12.0 Å². The molecule has 0 spiro atoms. The van der Waals surface area contributed by atoms with Gasteiger partial charge in [0.2, 0.25) is 5.91 Å². The van der Waals surface area contributed by atoms with Crippen molar-refractivity contribution in [2.45, 2.75) is 38.8 Å². The van der Waals surface area contributed by atoms with Gasteiger partial charge in [0.15, 0.2) is 0 Å². The summed E-state index contributed by atoms with van der Waals surface area (Å²) in [6, 6.07) is 8.86. The van der Waals surface area contributed by atoms with Gasteiger partial charge in [0.25, 0.3) is 0 Å². The summed E-state index contributed by atoms with van der Waals surface area (Å²) in [4.78, 5) is 22.7. The summed E-state index contributed by atoms with van der Waals surface area (Å²) >= 11 is 0. The molecule has 0 heterocycles. The lowest BCUT2D eigenvalue weighted by atomic mass is 10.1. The zero-order valence-corrected chi connectivity index (χ0v) is 13.2. The molecule has 1 rings (SSSR count). The van der Waals surface area contributed by atoms with Crippen molar-refractivity contribution in [3.8, 4) is 0 Å². The van der Waals surface area contributed by atoms with Gasteiger partial charge in [-0.05, 0) is 18.9 Å². The number of carboxylic acids is 1. The zero-order valence-electron chi connectivity index (χ0n) is 12.3. The van der Waals surface area contributed by atoms with Crippen LogP contribution >= 0.6 is 12.4 Å². The third kappa shape index (κ3) is 7.11. The average Bonchev–Trinajstić information content (AvgIpc) is 2.44. The molecule has 0 bridgehead atoms. The monoisotopic (exact) mass is 314 g/mol. The normalized spacial score (nSPS) is 12.9. The highest BCUT2D eigenvalue weighted by molar-refractivity contribution is 5.85. The number of amides is 1. The number of carbonyl (C=O) groups is 2. The van der Waals surface area contributed by atoms with Crippen LogP contribution in [0.4, 0.5) is 0 Å². The first-order valence-electron chi connectivity index (χ1n) is 6.85. The first-order valence-corrected chi connectivity index (χ1v) is 6.85. The Bertz CT molecular complexity index is 440. The molecule has 0 aliphatic heterocycles. The molecule has 2 atom stereocenters. The molecule has 5 nitrogen and oxygen atoms in total. The Balaban J connectivity index is 0.00000400. The molecule has 0 fully saturated rings. The van der Waals surface area contributed by atoms with E-state index >= 15 is 0 Å². The van der Waals surface area contributed by atoms with Gasteiger partial charge >= 0.3 is 5.97 Å². The lowest BCUT2D eigenvalue weighted by molar-refractivity contribution is -0.139. The van der Waals surface area contributed by atoms with E-state index in [-0.39, 0.29) is 30.9 Å². The van der Waals surface area contributed by atoms with E-state index in [1.807, 2.05) is 44.2 Å². The maximum atomic E-state index is 11.8. The summed E-state index contributed by atoms with van der Waals surface area (Å²) in [6.07, 6.45) is 1.27. The highest BCUT2D eigenvalue weighted by Gasteiger charge is 2.17. The minimum Gasteiger partial charge on any atom is -0.480 e. The molecule has 0 aliphatic rings. The molecule has 0 saturated heterocycles. The summed E-state index contributed by atoms with van der Waals surface area (Å²) in [5.41, 5.74) is 1.02. The number of halogens is 1. The number of hydrogen-bond acceptors (Lipinski definition) is 3. The molecule has 1 aromatic rings. The minimum absolute atomic E-state index is 0. The van der Waals surface area contributed by atoms with Crippen LogP contribution in [0.15, 0.2) is 30.3 Å². The van der Waals surface area contributed by atoms with Gasteiger partial charge in [0.05, 0.1) is 12.6 Å². The van der Waals surface area contributed by atoms with Gasteiger partial charge in [-0.25, -0.2) is 0 Å². The van der Waals surface area contributed by atoms with Crippen LogP contribution in [0.25, 0.3) is 0 Å². The van der Waals surface area contributed by atoms with Crippen molar-refractivity contribution in [1.82, 2.24) is 10.6 Å². The quantitative estimate of drug-likeness (QED) is 0.687. The van der Waals surface area contributed by atoms with Gasteiger partial charge in [0, 0.05) is 0 Å². The van der Waals surface area contributed by atoms with E-state index in [1.165, 1.54) is 0 Å². The maximum Gasteiger partial charge on any atom is 0.320 e. The molecule has 1 amide bonds. The van der Waals surface area contributed by atoms with Crippen LogP contribution in [0, 0.1) is 0 Å². The van der Waals surface area contributed by atoms with Gasteiger partial charge in [-0.2, -0.15) is 0 Å².